The fourth-order valence-electron chi connectivity index (χ4n) is 2.00. The van der Waals surface area contributed by atoms with Crippen molar-refractivity contribution < 1.29 is 16.8 Å². The summed E-state index contributed by atoms with van der Waals surface area (Å²) in [6.07, 6.45) is 0.982. The molecule has 2 rings (SSSR count). The maximum absolute atomic E-state index is 12.3. The predicted octanol–water partition coefficient (Wildman–Crippen LogP) is -2.13. The van der Waals surface area contributed by atoms with Crippen LogP contribution < -0.4 is 11.2 Å². The first-order valence-electron chi connectivity index (χ1n) is 5.64. The van der Waals surface area contributed by atoms with E-state index in [0.29, 0.717) is 0 Å². The number of nitrogens with one attached hydrogen (secondary N) is 2. The van der Waals surface area contributed by atoms with Crippen LogP contribution in [0, 0.1) is 0 Å². The number of nitrogens with zero attached hydrogens (tertiary/aromatic N) is 1. The molecule has 11 heteroatoms. The highest BCUT2D eigenvalue weighted by molar-refractivity contribution is 7.92. The molecule has 2 heterocycles. The van der Waals surface area contributed by atoms with Crippen LogP contribution in [0.15, 0.2) is 20.7 Å². The van der Waals surface area contributed by atoms with Gasteiger partial charge in [-0.25, -0.2) is 21.6 Å². The van der Waals surface area contributed by atoms with Crippen LogP contribution in [0.5, 0.6) is 0 Å². The molecule has 9 nitrogen and oxygen atoms in total. The van der Waals surface area contributed by atoms with Gasteiger partial charge in [-0.2, -0.15) is 4.31 Å². The fraction of sp³-hybridized carbons (Fsp3) is 0.556. The van der Waals surface area contributed by atoms with E-state index in [0.717, 1.165) is 10.5 Å². The molecule has 0 unspecified atom stereocenters. The van der Waals surface area contributed by atoms with Crippen LogP contribution in [0.1, 0.15) is 6.42 Å². The van der Waals surface area contributed by atoms with Gasteiger partial charge in [0.15, 0.2) is 14.7 Å². The van der Waals surface area contributed by atoms with E-state index >= 15 is 0 Å². The average Bonchev–Trinajstić information content (AvgIpc) is 2.68. The number of hydrogen-bond donors (Lipinski definition) is 2. The molecule has 0 aliphatic carbocycles. The molecule has 1 fully saturated rings. The smallest absolute Gasteiger partial charge is 0.313 e. The standard InChI is InChI=1S/C9H13N3O6S2/c1-12(6-2-3-19(15,16)5-6)20(17,18)7-4-10-9(14)11-8(7)13/h4,6H,2-3,5H2,1H3,(H2,10,11,13,14)/t6-/m0/s1. The lowest BCUT2D eigenvalue weighted by Crippen LogP contribution is -2.41. The van der Waals surface area contributed by atoms with Gasteiger partial charge in [-0.15, -0.1) is 0 Å². The Hall–Kier alpha value is -1.46. The quantitative estimate of drug-likeness (QED) is 0.652. The molecule has 20 heavy (non-hydrogen) atoms. The molecule has 1 aliphatic rings. The average molecular weight is 323 g/mol. The van der Waals surface area contributed by atoms with Gasteiger partial charge < -0.3 is 4.98 Å². The molecule has 1 atom stereocenters. The second kappa shape index (κ2) is 4.82. The molecule has 0 bridgehead atoms. The van der Waals surface area contributed by atoms with E-state index in [-0.39, 0.29) is 17.9 Å². The molecule has 0 saturated carbocycles. The minimum Gasteiger partial charge on any atom is -0.313 e. The van der Waals surface area contributed by atoms with Crippen LogP contribution in [0.2, 0.25) is 0 Å². The van der Waals surface area contributed by atoms with E-state index in [1.54, 1.807) is 0 Å². The van der Waals surface area contributed by atoms with E-state index in [1.165, 1.54) is 7.05 Å². The SMILES string of the molecule is CN([C@H]1CCS(=O)(=O)C1)S(=O)(=O)c1c[nH]c(=O)[nH]c1=O. The fourth-order valence-corrected chi connectivity index (χ4v) is 5.25. The van der Waals surface area contributed by atoms with Crippen LogP contribution >= 0.6 is 0 Å². The largest absolute Gasteiger partial charge is 0.325 e. The van der Waals surface area contributed by atoms with Crippen molar-refractivity contribution in [3.05, 3.63) is 27.0 Å². The molecular formula is C9H13N3O6S2. The van der Waals surface area contributed by atoms with Gasteiger partial charge >= 0.3 is 5.69 Å². The zero-order chi connectivity index (χ0) is 15.1. The van der Waals surface area contributed by atoms with E-state index < -0.39 is 42.0 Å². The highest BCUT2D eigenvalue weighted by Crippen LogP contribution is 2.21. The number of aromatic amines is 2. The summed E-state index contributed by atoms with van der Waals surface area (Å²) >= 11 is 0. The van der Waals surface area contributed by atoms with Crippen molar-refractivity contribution >= 4 is 19.9 Å². The molecule has 112 valence electrons. The Labute approximate surface area is 114 Å². The van der Waals surface area contributed by atoms with Gasteiger partial charge in [0.05, 0.1) is 11.5 Å². The number of hydrogen-bond acceptors (Lipinski definition) is 6. The van der Waals surface area contributed by atoms with E-state index in [2.05, 4.69) is 4.98 Å². The van der Waals surface area contributed by atoms with Gasteiger partial charge in [0.1, 0.15) is 0 Å². The van der Waals surface area contributed by atoms with Crippen molar-refractivity contribution in [2.45, 2.75) is 17.4 Å². The first-order chi connectivity index (χ1) is 9.13. The summed E-state index contributed by atoms with van der Waals surface area (Å²) in [5.41, 5.74) is -1.86. The van der Waals surface area contributed by atoms with Crippen LogP contribution in [0.25, 0.3) is 0 Å². The third-order valence-electron chi connectivity index (χ3n) is 3.16. The molecule has 1 aliphatic heterocycles. The van der Waals surface area contributed by atoms with E-state index in [1.807, 2.05) is 4.98 Å². The third kappa shape index (κ3) is 2.69. The summed E-state index contributed by atoms with van der Waals surface area (Å²) in [5.74, 6) is -0.358. The number of H-pyrrole nitrogens is 2. The van der Waals surface area contributed by atoms with Crippen LogP contribution in [0.3, 0.4) is 0 Å². The highest BCUT2D eigenvalue weighted by atomic mass is 32.2. The maximum Gasteiger partial charge on any atom is 0.325 e. The lowest BCUT2D eigenvalue weighted by molar-refractivity contribution is 0.393. The maximum atomic E-state index is 12.3. The number of aromatic nitrogens is 2. The minimum atomic E-state index is -4.17. The zero-order valence-corrected chi connectivity index (χ0v) is 12.1. The Morgan fingerprint density at radius 3 is 2.50 bits per heavy atom. The summed E-state index contributed by atoms with van der Waals surface area (Å²) in [5, 5.41) is 0. The molecule has 2 N–H and O–H groups in total. The van der Waals surface area contributed by atoms with Gasteiger partial charge in [-0.05, 0) is 6.42 Å². The van der Waals surface area contributed by atoms with Gasteiger partial charge in [-0.1, -0.05) is 0 Å². The van der Waals surface area contributed by atoms with Crippen molar-refractivity contribution in [2.75, 3.05) is 18.6 Å². The van der Waals surface area contributed by atoms with Crippen molar-refractivity contribution in [3.63, 3.8) is 0 Å². The van der Waals surface area contributed by atoms with Crippen LogP contribution in [0.4, 0.5) is 0 Å². The van der Waals surface area contributed by atoms with E-state index in [4.69, 9.17) is 0 Å². The first kappa shape index (κ1) is 14.9. The molecule has 1 saturated heterocycles. The molecule has 0 radical (unpaired) electrons. The van der Waals surface area contributed by atoms with Gasteiger partial charge in [0.25, 0.3) is 5.56 Å². The highest BCUT2D eigenvalue weighted by Gasteiger charge is 2.37. The van der Waals surface area contributed by atoms with Gasteiger partial charge in [-0.3, -0.25) is 9.78 Å². The summed E-state index contributed by atoms with van der Waals surface area (Å²) in [4.78, 5) is 25.7. The Morgan fingerprint density at radius 2 is 2.00 bits per heavy atom. The predicted molar refractivity (Wildman–Crippen MR) is 69.7 cm³/mol. The Balaban J connectivity index is 2.40. The van der Waals surface area contributed by atoms with Gasteiger partial charge in [0, 0.05) is 19.3 Å². The van der Waals surface area contributed by atoms with Crippen molar-refractivity contribution in [1.82, 2.24) is 14.3 Å². The Morgan fingerprint density at radius 1 is 1.35 bits per heavy atom. The number of sulfonamides is 1. The molecule has 0 amide bonds. The lowest BCUT2D eigenvalue weighted by atomic mass is 10.3. The van der Waals surface area contributed by atoms with Crippen LogP contribution in [-0.2, 0) is 19.9 Å². The number of rotatable bonds is 3. The normalized spacial score (nSPS) is 22.2. The van der Waals surface area contributed by atoms with Crippen molar-refractivity contribution in [1.29, 1.82) is 0 Å². The minimum absolute atomic E-state index is 0.0838. The summed E-state index contributed by atoms with van der Waals surface area (Å²) in [6, 6.07) is -0.712. The van der Waals surface area contributed by atoms with E-state index in [9.17, 15) is 26.4 Å². The molecule has 1 aromatic heterocycles. The number of sulfone groups is 1. The summed E-state index contributed by atoms with van der Waals surface area (Å²) in [6.45, 7) is 0. The van der Waals surface area contributed by atoms with Crippen LogP contribution in [-0.4, -0.2) is 55.7 Å². The van der Waals surface area contributed by atoms with Crippen molar-refractivity contribution in [3.8, 4) is 0 Å². The van der Waals surface area contributed by atoms with Crippen molar-refractivity contribution in [2.24, 2.45) is 0 Å². The third-order valence-corrected chi connectivity index (χ3v) is 6.83. The molecule has 1 aromatic rings. The second-order valence-electron chi connectivity index (χ2n) is 4.51. The summed E-state index contributed by atoms with van der Waals surface area (Å²) in [7, 11) is -6.20. The monoisotopic (exact) mass is 323 g/mol. The molecular weight excluding hydrogens is 310 g/mol. The molecule has 0 aromatic carbocycles. The topological polar surface area (TPSA) is 137 Å². The zero-order valence-electron chi connectivity index (χ0n) is 10.5. The van der Waals surface area contributed by atoms with Gasteiger partial charge in [0.2, 0.25) is 10.0 Å². The first-order valence-corrected chi connectivity index (χ1v) is 8.90. The Kier molecular flexibility index (Phi) is 3.60. The molecule has 0 spiro atoms. The lowest BCUT2D eigenvalue weighted by Gasteiger charge is -2.21. The second-order valence-corrected chi connectivity index (χ2v) is 8.71. The Bertz CT molecular complexity index is 835. The summed E-state index contributed by atoms with van der Waals surface area (Å²) < 4.78 is 48.1.